The Hall–Kier alpha value is -0.150. The minimum Gasteiger partial charge on any atom is -0.493 e. The second-order valence-corrected chi connectivity index (χ2v) is 4.94. The van der Waals surface area contributed by atoms with Gasteiger partial charge in [0, 0.05) is 16.1 Å². The number of thioether (sulfide) groups is 1. The van der Waals surface area contributed by atoms with E-state index in [9.17, 15) is 0 Å². The van der Waals surface area contributed by atoms with Crippen molar-refractivity contribution in [2.24, 2.45) is 5.92 Å². The molecule has 0 heterocycles. The molecule has 0 aromatic heterocycles. The topological polar surface area (TPSA) is 9.23 Å². The average Bonchev–Trinajstić information content (AvgIpc) is 2.31. The first-order valence-corrected chi connectivity index (χ1v) is 7.47. The van der Waals surface area contributed by atoms with Crippen LogP contribution in [0.4, 0.5) is 0 Å². The maximum atomic E-state index is 5.71. The molecule has 0 bridgehead atoms. The van der Waals surface area contributed by atoms with Crippen LogP contribution in [0.3, 0.4) is 0 Å². The molecule has 0 spiro atoms. The summed E-state index contributed by atoms with van der Waals surface area (Å²) in [6.07, 6.45) is 3.22. The maximum Gasteiger partial charge on any atom is 0.119 e. The normalized spacial score (nSPS) is 12.5. The van der Waals surface area contributed by atoms with E-state index in [1.54, 1.807) is 11.8 Å². The Morgan fingerprint density at radius 1 is 1.33 bits per heavy atom. The van der Waals surface area contributed by atoms with Crippen LogP contribution in [-0.2, 0) is 0 Å². The van der Waals surface area contributed by atoms with Crippen LogP contribution < -0.4 is 4.74 Å². The lowest BCUT2D eigenvalue weighted by Crippen LogP contribution is -2.12. The summed E-state index contributed by atoms with van der Waals surface area (Å²) < 4.78 is 5.71. The van der Waals surface area contributed by atoms with Gasteiger partial charge in [-0.25, -0.2) is 0 Å². The van der Waals surface area contributed by atoms with Crippen molar-refractivity contribution >= 4 is 27.7 Å². The first-order chi connectivity index (χ1) is 7.30. The number of ether oxygens (including phenoxy) is 1. The lowest BCUT2D eigenvalue weighted by atomic mass is 10.1. The summed E-state index contributed by atoms with van der Waals surface area (Å²) in [6, 6.07) is 8.25. The lowest BCUT2D eigenvalue weighted by molar-refractivity contribution is 0.260. The molecule has 0 N–H and O–H groups in total. The van der Waals surface area contributed by atoms with Crippen LogP contribution >= 0.6 is 27.7 Å². The standard InChI is InChI=1S/C12H17BrOS/c1-3-10(8-13)9-14-11-4-6-12(15-2)7-5-11/h4-7,10H,3,8-9H2,1-2H3. The van der Waals surface area contributed by atoms with Gasteiger partial charge in [0.15, 0.2) is 0 Å². The SMILES string of the molecule is CCC(CBr)COc1ccc(SC)cc1. The number of rotatable bonds is 6. The molecule has 1 aromatic rings. The van der Waals surface area contributed by atoms with Crippen LogP contribution in [0.5, 0.6) is 5.75 Å². The quantitative estimate of drug-likeness (QED) is 0.573. The van der Waals surface area contributed by atoms with Crippen LogP contribution in [0.2, 0.25) is 0 Å². The van der Waals surface area contributed by atoms with Crippen LogP contribution in [0.1, 0.15) is 13.3 Å². The predicted octanol–water partition coefficient (Wildman–Crippen LogP) is 4.21. The second-order valence-electron chi connectivity index (χ2n) is 3.42. The summed E-state index contributed by atoms with van der Waals surface area (Å²) in [5.41, 5.74) is 0. The summed E-state index contributed by atoms with van der Waals surface area (Å²) in [4.78, 5) is 1.27. The molecule has 0 aliphatic rings. The van der Waals surface area contributed by atoms with E-state index in [2.05, 4.69) is 41.2 Å². The molecular weight excluding hydrogens is 272 g/mol. The third-order valence-electron chi connectivity index (χ3n) is 2.34. The molecule has 1 aromatic carbocycles. The van der Waals surface area contributed by atoms with Gasteiger partial charge in [-0.1, -0.05) is 22.9 Å². The summed E-state index contributed by atoms with van der Waals surface area (Å²) in [5.74, 6) is 1.57. The minimum atomic E-state index is 0.602. The van der Waals surface area contributed by atoms with E-state index in [1.807, 2.05) is 12.1 Å². The summed E-state index contributed by atoms with van der Waals surface area (Å²) in [6.45, 7) is 2.98. The smallest absolute Gasteiger partial charge is 0.119 e. The second kappa shape index (κ2) is 7.18. The van der Waals surface area contributed by atoms with Gasteiger partial charge in [-0.2, -0.15) is 0 Å². The maximum absolute atomic E-state index is 5.71. The van der Waals surface area contributed by atoms with Gasteiger partial charge in [0.25, 0.3) is 0 Å². The van der Waals surface area contributed by atoms with Gasteiger partial charge in [-0.05, 0) is 36.9 Å². The van der Waals surface area contributed by atoms with Crippen molar-refractivity contribution in [3.8, 4) is 5.75 Å². The molecule has 3 heteroatoms. The van der Waals surface area contributed by atoms with E-state index < -0.39 is 0 Å². The van der Waals surface area contributed by atoms with Crippen molar-refractivity contribution in [2.45, 2.75) is 18.2 Å². The molecule has 1 rings (SSSR count). The van der Waals surface area contributed by atoms with Crippen molar-refractivity contribution in [2.75, 3.05) is 18.2 Å². The molecule has 0 aliphatic heterocycles. The van der Waals surface area contributed by atoms with E-state index in [1.165, 1.54) is 4.90 Å². The van der Waals surface area contributed by atoms with E-state index in [0.29, 0.717) is 5.92 Å². The zero-order chi connectivity index (χ0) is 11.1. The zero-order valence-corrected chi connectivity index (χ0v) is 11.6. The molecule has 15 heavy (non-hydrogen) atoms. The Bertz CT molecular complexity index is 269. The van der Waals surface area contributed by atoms with Crippen molar-refractivity contribution < 1.29 is 4.74 Å². The summed E-state index contributed by atoms with van der Waals surface area (Å²) in [7, 11) is 0. The predicted molar refractivity (Wildman–Crippen MR) is 71.3 cm³/mol. The average molecular weight is 289 g/mol. The number of hydrogen-bond acceptors (Lipinski definition) is 2. The molecule has 0 radical (unpaired) electrons. The molecule has 0 aliphatic carbocycles. The third kappa shape index (κ3) is 4.47. The van der Waals surface area contributed by atoms with E-state index >= 15 is 0 Å². The highest BCUT2D eigenvalue weighted by Gasteiger charge is 2.04. The largest absolute Gasteiger partial charge is 0.493 e. The van der Waals surface area contributed by atoms with Gasteiger partial charge < -0.3 is 4.74 Å². The van der Waals surface area contributed by atoms with E-state index in [0.717, 1.165) is 24.1 Å². The van der Waals surface area contributed by atoms with Gasteiger partial charge in [-0.15, -0.1) is 11.8 Å². The van der Waals surface area contributed by atoms with Gasteiger partial charge in [0.1, 0.15) is 5.75 Å². The Kier molecular flexibility index (Phi) is 6.18. The van der Waals surface area contributed by atoms with Crippen LogP contribution in [0.15, 0.2) is 29.2 Å². The lowest BCUT2D eigenvalue weighted by Gasteiger charge is -2.13. The zero-order valence-electron chi connectivity index (χ0n) is 9.20. The fourth-order valence-corrected chi connectivity index (χ4v) is 2.21. The Morgan fingerprint density at radius 2 is 2.00 bits per heavy atom. The van der Waals surface area contributed by atoms with Gasteiger partial charge in [-0.3, -0.25) is 0 Å². The Morgan fingerprint density at radius 3 is 2.47 bits per heavy atom. The number of halogens is 1. The molecular formula is C12H17BrOS. The number of alkyl halides is 1. The van der Waals surface area contributed by atoms with Crippen LogP contribution in [0, 0.1) is 5.92 Å². The fourth-order valence-electron chi connectivity index (χ4n) is 1.16. The molecule has 1 nitrogen and oxygen atoms in total. The monoisotopic (exact) mass is 288 g/mol. The molecule has 0 amide bonds. The minimum absolute atomic E-state index is 0.602. The molecule has 0 fully saturated rings. The van der Waals surface area contributed by atoms with Crippen molar-refractivity contribution in [3.63, 3.8) is 0 Å². The number of benzene rings is 1. The molecule has 0 saturated carbocycles. The summed E-state index contributed by atoms with van der Waals surface area (Å²) in [5, 5.41) is 1.01. The molecule has 1 unspecified atom stereocenters. The Labute approximate surface area is 105 Å². The molecule has 0 saturated heterocycles. The Balaban J connectivity index is 2.43. The van der Waals surface area contributed by atoms with Gasteiger partial charge in [0.2, 0.25) is 0 Å². The summed E-state index contributed by atoms with van der Waals surface area (Å²) >= 11 is 5.24. The highest BCUT2D eigenvalue weighted by Crippen LogP contribution is 2.19. The van der Waals surface area contributed by atoms with E-state index in [4.69, 9.17) is 4.74 Å². The molecule has 84 valence electrons. The third-order valence-corrected chi connectivity index (χ3v) is 4.00. The molecule has 1 atom stereocenters. The van der Waals surface area contributed by atoms with Crippen molar-refractivity contribution in [1.29, 1.82) is 0 Å². The fraction of sp³-hybridized carbons (Fsp3) is 0.500. The van der Waals surface area contributed by atoms with Crippen LogP contribution in [-0.4, -0.2) is 18.2 Å². The highest BCUT2D eigenvalue weighted by atomic mass is 79.9. The van der Waals surface area contributed by atoms with Crippen molar-refractivity contribution in [3.05, 3.63) is 24.3 Å². The van der Waals surface area contributed by atoms with Crippen molar-refractivity contribution in [1.82, 2.24) is 0 Å². The van der Waals surface area contributed by atoms with Gasteiger partial charge >= 0.3 is 0 Å². The van der Waals surface area contributed by atoms with E-state index in [-0.39, 0.29) is 0 Å². The highest BCUT2D eigenvalue weighted by molar-refractivity contribution is 9.09. The first-order valence-electron chi connectivity index (χ1n) is 5.13. The first kappa shape index (κ1) is 12.9. The van der Waals surface area contributed by atoms with Gasteiger partial charge in [0.05, 0.1) is 6.61 Å². The van der Waals surface area contributed by atoms with Crippen LogP contribution in [0.25, 0.3) is 0 Å². The number of hydrogen-bond donors (Lipinski definition) is 0.